The van der Waals surface area contributed by atoms with E-state index < -0.39 is 0 Å². The van der Waals surface area contributed by atoms with Gasteiger partial charge in [-0.25, -0.2) is 4.99 Å². The Kier molecular flexibility index (Phi) is 17.8. The molecule has 0 unspecified atom stereocenters. The molecular weight excluding hydrogens is 210 g/mol. The summed E-state index contributed by atoms with van der Waals surface area (Å²) in [6.45, 7) is 13.4. The molecule has 0 aliphatic heterocycles. The molecule has 0 aromatic rings. The zero-order valence-corrected chi connectivity index (χ0v) is 11.1. The molecule has 1 nitrogen and oxygen atoms in total. The van der Waals surface area contributed by atoms with Crippen LogP contribution in [0.4, 0.5) is 0 Å². The molecule has 0 aromatic heterocycles. The van der Waals surface area contributed by atoms with Crippen LogP contribution >= 0.6 is 23.5 Å². The summed E-state index contributed by atoms with van der Waals surface area (Å²) < 4.78 is 1.04. The van der Waals surface area contributed by atoms with Crippen LogP contribution in [0, 0.1) is 0 Å². The van der Waals surface area contributed by atoms with Crippen molar-refractivity contribution in [2.24, 2.45) is 4.99 Å². The molecule has 0 bridgehead atoms. The van der Waals surface area contributed by atoms with Crippen LogP contribution in [0.5, 0.6) is 0 Å². The van der Waals surface area contributed by atoms with Crippen molar-refractivity contribution in [3.8, 4) is 0 Å². The summed E-state index contributed by atoms with van der Waals surface area (Å²) in [6.07, 6.45) is 4.04. The molecule has 0 heterocycles. The molecule has 0 saturated carbocycles. The molecule has 0 rings (SSSR count). The van der Waals surface area contributed by atoms with E-state index in [4.69, 9.17) is 0 Å². The first-order valence-electron chi connectivity index (χ1n) is 4.94. The van der Waals surface area contributed by atoms with Gasteiger partial charge in [0, 0.05) is 12.0 Å². The zero-order chi connectivity index (χ0) is 11.2. The minimum Gasteiger partial charge on any atom is -0.243 e. The summed E-state index contributed by atoms with van der Waals surface area (Å²) in [5.74, 6) is 1.13. The van der Waals surface area contributed by atoms with E-state index >= 15 is 0 Å². The molecule has 0 aliphatic rings. The predicted molar refractivity (Wildman–Crippen MR) is 74.1 cm³/mol. The van der Waals surface area contributed by atoms with Crippen LogP contribution in [0.3, 0.4) is 0 Å². The van der Waals surface area contributed by atoms with E-state index in [0.29, 0.717) is 0 Å². The van der Waals surface area contributed by atoms with Crippen molar-refractivity contribution < 1.29 is 0 Å². The highest BCUT2D eigenvalue weighted by molar-refractivity contribution is 8.40. The van der Waals surface area contributed by atoms with Gasteiger partial charge in [-0.2, -0.15) is 0 Å². The first-order chi connectivity index (χ1) is 6.85. The monoisotopic (exact) mass is 231 g/mol. The lowest BCUT2D eigenvalue weighted by molar-refractivity contribution is 0.898. The standard InChI is InChI=1S/C9H15NS2.C2H6/c1-4-7-8-12-9(10-5-2)11-6-3;1-2/h5-6H,2-4,7-8H2,1H3;1-2H3. The molecule has 0 aromatic carbocycles. The highest BCUT2D eigenvalue weighted by Crippen LogP contribution is 2.18. The SMILES string of the molecule is C=CN=C(SC=C)SCCCC.CC. The number of nitrogens with zero attached hydrogens (tertiary/aromatic N) is 1. The molecule has 14 heavy (non-hydrogen) atoms. The van der Waals surface area contributed by atoms with Gasteiger partial charge < -0.3 is 0 Å². The predicted octanol–water partition coefficient (Wildman–Crippen LogP) is 4.92. The largest absolute Gasteiger partial charge is 0.243 e. The van der Waals surface area contributed by atoms with Crippen molar-refractivity contribution in [2.75, 3.05) is 5.75 Å². The lowest BCUT2D eigenvalue weighted by atomic mass is 10.4. The van der Waals surface area contributed by atoms with Gasteiger partial charge in [0.25, 0.3) is 0 Å². The number of aliphatic imine (C=N–C) groups is 1. The van der Waals surface area contributed by atoms with Gasteiger partial charge in [0.1, 0.15) is 4.38 Å². The van der Waals surface area contributed by atoms with Gasteiger partial charge in [-0.05, 0) is 11.8 Å². The normalized spacial score (nSPS) is 10.1. The maximum atomic E-state index is 4.12. The average Bonchev–Trinajstić information content (AvgIpc) is 2.22. The van der Waals surface area contributed by atoms with Crippen molar-refractivity contribution in [1.29, 1.82) is 0 Å². The third-order valence-electron chi connectivity index (χ3n) is 1.10. The van der Waals surface area contributed by atoms with Crippen molar-refractivity contribution in [3.05, 3.63) is 24.8 Å². The van der Waals surface area contributed by atoms with Crippen LogP contribution in [-0.4, -0.2) is 10.1 Å². The Hall–Kier alpha value is -0.150. The van der Waals surface area contributed by atoms with Crippen LogP contribution < -0.4 is 0 Å². The summed E-state index contributed by atoms with van der Waals surface area (Å²) >= 11 is 3.32. The van der Waals surface area contributed by atoms with Crippen molar-refractivity contribution in [1.82, 2.24) is 0 Å². The van der Waals surface area contributed by atoms with Crippen molar-refractivity contribution in [3.63, 3.8) is 0 Å². The molecule has 0 aliphatic carbocycles. The van der Waals surface area contributed by atoms with E-state index in [1.54, 1.807) is 35.1 Å². The van der Waals surface area contributed by atoms with Gasteiger partial charge in [-0.15, -0.1) is 0 Å². The Morgan fingerprint density at radius 2 is 2.00 bits per heavy atom. The van der Waals surface area contributed by atoms with Gasteiger partial charge in [0.05, 0.1) is 0 Å². The number of hydrogen-bond donors (Lipinski definition) is 0. The minimum atomic E-state index is 1.04. The van der Waals surface area contributed by atoms with Crippen molar-refractivity contribution in [2.45, 2.75) is 33.6 Å². The first-order valence-corrected chi connectivity index (χ1v) is 6.80. The maximum Gasteiger partial charge on any atom is 0.133 e. The van der Waals surface area contributed by atoms with Crippen LogP contribution in [0.25, 0.3) is 0 Å². The van der Waals surface area contributed by atoms with E-state index in [1.807, 2.05) is 13.8 Å². The summed E-state index contributed by atoms with van der Waals surface area (Å²) in [6, 6.07) is 0. The second-order valence-corrected chi connectivity index (χ2v) is 4.36. The fourth-order valence-corrected chi connectivity index (χ4v) is 2.31. The number of hydrogen-bond acceptors (Lipinski definition) is 3. The van der Waals surface area contributed by atoms with Gasteiger partial charge in [0.2, 0.25) is 0 Å². The van der Waals surface area contributed by atoms with E-state index in [9.17, 15) is 0 Å². The zero-order valence-electron chi connectivity index (χ0n) is 9.45. The summed E-state index contributed by atoms with van der Waals surface area (Å²) in [5.41, 5.74) is 0. The molecular formula is C11H21NS2. The quantitative estimate of drug-likeness (QED) is 0.378. The topological polar surface area (TPSA) is 12.4 Å². The molecule has 0 atom stereocenters. The number of thioether (sulfide) groups is 2. The molecule has 0 spiro atoms. The lowest BCUT2D eigenvalue weighted by Crippen LogP contribution is -1.85. The summed E-state index contributed by atoms with van der Waals surface area (Å²) in [7, 11) is 0. The fraction of sp³-hybridized carbons (Fsp3) is 0.545. The van der Waals surface area contributed by atoms with Gasteiger partial charge >= 0.3 is 0 Å². The first kappa shape index (κ1) is 16.3. The van der Waals surface area contributed by atoms with Gasteiger partial charge in [-0.1, -0.05) is 63.9 Å². The molecule has 0 amide bonds. The van der Waals surface area contributed by atoms with Gasteiger partial charge in [0.15, 0.2) is 0 Å². The Morgan fingerprint density at radius 1 is 1.36 bits per heavy atom. The third-order valence-corrected chi connectivity index (χ3v) is 3.07. The van der Waals surface area contributed by atoms with E-state index in [2.05, 4.69) is 25.1 Å². The molecule has 3 heteroatoms. The third kappa shape index (κ3) is 11.8. The highest BCUT2D eigenvalue weighted by atomic mass is 32.2. The summed E-state index contributed by atoms with van der Waals surface area (Å²) in [4.78, 5) is 4.12. The molecule has 82 valence electrons. The Balaban J connectivity index is 0. The van der Waals surface area contributed by atoms with Crippen LogP contribution in [0.2, 0.25) is 0 Å². The second-order valence-electron chi connectivity index (χ2n) is 2.06. The second kappa shape index (κ2) is 15.3. The number of unbranched alkanes of at least 4 members (excludes halogenated alkanes) is 1. The molecule has 0 saturated heterocycles. The van der Waals surface area contributed by atoms with E-state index in [1.165, 1.54) is 12.8 Å². The Labute approximate surface area is 97.2 Å². The van der Waals surface area contributed by atoms with Crippen LogP contribution in [-0.2, 0) is 0 Å². The highest BCUT2D eigenvalue weighted by Gasteiger charge is 1.96. The van der Waals surface area contributed by atoms with Crippen molar-refractivity contribution >= 4 is 27.9 Å². The summed E-state index contributed by atoms with van der Waals surface area (Å²) in [5, 5.41) is 1.79. The van der Waals surface area contributed by atoms with Crippen LogP contribution in [0.15, 0.2) is 29.8 Å². The van der Waals surface area contributed by atoms with E-state index in [-0.39, 0.29) is 0 Å². The number of rotatable bonds is 5. The Bertz CT molecular complexity index is 165. The Morgan fingerprint density at radius 3 is 2.43 bits per heavy atom. The lowest BCUT2D eigenvalue weighted by Gasteiger charge is -1.99. The maximum absolute atomic E-state index is 4.12. The molecule has 0 radical (unpaired) electrons. The minimum absolute atomic E-state index is 1.04. The molecule has 0 N–H and O–H groups in total. The molecule has 0 fully saturated rings. The average molecular weight is 231 g/mol. The van der Waals surface area contributed by atoms with Gasteiger partial charge in [-0.3, -0.25) is 0 Å². The smallest absolute Gasteiger partial charge is 0.133 e. The van der Waals surface area contributed by atoms with E-state index in [0.717, 1.165) is 10.1 Å². The van der Waals surface area contributed by atoms with Crippen LogP contribution in [0.1, 0.15) is 33.6 Å². The fourth-order valence-electron chi connectivity index (χ4n) is 0.551.